The molecular formula is C10H17N3O2. The first-order valence-corrected chi connectivity index (χ1v) is 4.95. The molecule has 0 saturated carbocycles. The zero-order valence-electron chi connectivity index (χ0n) is 9.87. The van der Waals surface area contributed by atoms with Gasteiger partial charge in [-0.15, -0.1) is 10.2 Å². The summed E-state index contributed by atoms with van der Waals surface area (Å²) >= 11 is 0. The monoisotopic (exact) mass is 211 g/mol. The van der Waals surface area contributed by atoms with Crippen LogP contribution in [0.2, 0.25) is 0 Å². The number of esters is 1. The fraction of sp³-hybridized carbons (Fsp3) is 0.700. The van der Waals surface area contributed by atoms with Gasteiger partial charge in [0.2, 0.25) is 0 Å². The lowest BCUT2D eigenvalue weighted by Gasteiger charge is -2.20. The average molecular weight is 211 g/mol. The van der Waals surface area contributed by atoms with Gasteiger partial charge in [-0.3, -0.25) is 4.79 Å². The number of nitrogens with zero attached hydrogens (tertiary/aromatic N) is 3. The number of aromatic nitrogens is 3. The van der Waals surface area contributed by atoms with Crippen molar-refractivity contribution in [2.45, 2.75) is 33.1 Å². The fourth-order valence-corrected chi connectivity index (χ4v) is 1.35. The minimum Gasteiger partial charge on any atom is -0.465 e. The van der Waals surface area contributed by atoms with Gasteiger partial charge in [-0.2, -0.15) is 0 Å². The van der Waals surface area contributed by atoms with E-state index in [4.69, 9.17) is 4.74 Å². The Hall–Kier alpha value is -1.39. The number of carbonyl (C=O) groups excluding carboxylic acids is 1. The summed E-state index contributed by atoms with van der Waals surface area (Å²) in [7, 11) is 1.84. The molecule has 0 aliphatic rings. The summed E-state index contributed by atoms with van der Waals surface area (Å²) in [6.07, 6.45) is 0. The molecule has 0 spiro atoms. The van der Waals surface area contributed by atoms with E-state index in [9.17, 15) is 4.79 Å². The Morgan fingerprint density at radius 3 is 2.47 bits per heavy atom. The van der Waals surface area contributed by atoms with Gasteiger partial charge in [0.05, 0.1) is 6.61 Å². The Bertz CT molecular complexity index is 369. The van der Waals surface area contributed by atoms with Gasteiger partial charge in [-0.1, -0.05) is 0 Å². The van der Waals surface area contributed by atoms with Crippen LogP contribution in [0.4, 0.5) is 0 Å². The van der Waals surface area contributed by atoms with Crippen molar-refractivity contribution in [3.05, 3.63) is 11.6 Å². The predicted molar refractivity (Wildman–Crippen MR) is 55.4 cm³/mol. The van der Waals surface area contributed by atoms with E-state index in [1.807, 2.05) is 14.0 Å². The molecule has 84 valence electrons. The van der Waals surface area contributed by atoms with Gasteiger partial charge in [-0.25, -0.2) is 0 Å². The molecule has 5 nitrogen and oxygen atoms in total. The molecule has 1 aromatic rings. The maximum absolute atomic E-state index is 11.7. The summed E-state index contributed by atoms with van der Waals surface area (Å²) in [5.74, 6) is 1.13. The highest BCUT2D eigenvalue weighted by atomic mass is 16.5. The molecule has 0 saturated heterocycles. The lowest BCUT2D eigenvalue weighted by atomic mass is 9.92. The summed E-state index contributed by atoms with van der Waals surface area (Å²) in [5.41, 5.74) is -0.758. The highest BCUT2D eigenvalue weighted by Crippen LogP contribution is 2.22. The first-order chi connectivity index (χ1) is 6.91. The number of rotatable bonds is 3. The zero-order chi connectivity index (χ0) is 11.6. The molecule has 0 aromatic carbocycles. The van der Waals surface area contributed by atoms with E-state index in [0.29, 0.717) is 12.4 Å². The van der Waals surface area contributed by atoms with Crippen LogP contribution in [0.25, 0.3) is 0 Å². The predicted octanol–water partition coefficient (Wildman–Crippen LogP) is 0.964. The minimum absolute atomic E-state index is 0.277. The zero-order valence-corrected chi connectivity index (χ0v) is 9.87. The molecule has 1 aromatic heterocycles. The molecule has 0 atom stereocenters. The van der Waals surface area contributed by atoms with Crippen molar-refractivity contribution in [3.63, 3.8) is 0 Å². The highest BCUT2D eigenvalue weighted by Gasteiger charge is 2.36. The molecule has 1 heterocycles. The van der Waals surface area contributed by atoms with Gasteiger partial charge in [-0.05, 0) is 27.7 Å². The van der Waals surface area contributed by atoms with Gasteiger partial charge < -0.3 is 9.30 Å². The van der Waals surface area contributed by atoms with Crippen LogP contribution < -0.4 is 0 Å². The van der Waals surface area contributed by atoms with Crippen molar-refractivity contribution in [2.75, 3.05) is 6.61 Å². The summed E-state index contributed by atoms with van der Waals surface area (Å²) in [6, 6.07) is 0. The SMILES string of the molecule is CCOC(=O)C(C)(C)c1nnc(C)n1C. The number of hydrogen-bond donors (Lipinski definition) is 0. The van der Waals surface area contributed by atoms with Crippen LogP contribution in [0.5, 0.6) is 0 Å². The van der Waals surface area contributed by atoms with Crippen LogP contribution in [0, 0.1) is 6.92 Å². The summed E-state index contributed by atoms with van der Waals surface area (Å²) in [4.78, 5) is 11.7. The smallest absolute Gasteiger partial charge is 0.319 e. The molecule has 0 radical (unpaired) electrons. The number of aryl methyl sites for hydroxylation is 1. The van der Waals surface area contributed by atoms with Gasteiger partial charge in [0.25, 0.3) is 0 Å². The summed E-state index contributed by atoms with van der Waals surface area (Å²) < 4.78 is 6.81. The third-order valence-corrected chi connectivity index (χ3v) is 2.44. The third-order valence-electron chi connectivity index (χ3n) is 2.44. The molecule has 1 rings (SSSR count). The van der Waals surface area contributed by atoms with Crippen LogP contribution in [0.15, 0.2) is 0 Å². The maximum Gasteiger partial charge on any atom is 0.319 e. The minimum atomic E-state index is -0.758. The van der Waals surface area contributed by atoms with E-state index in [0.717, 1.165) is 5.82 Å². The molecule has 0 bridgehead atoms. The van der Waals surface area contributed by atoms with Crippen molar-refractivity contribution in [1.29, 1.82) is 0 Å². The van der Waals surface area contributed by atoms with Crippen molar-refractivity contribution in [1.82, 2.24) is 14.8 Å². The Morgan fingerprint density at radius 1 is 1.47 bits per heavy atom. The standard InChI is InChI=1S/C10H17N3O2/c1-6-15-9(14)10(3,4)8-12-11-7(2)13(8)5/h6H2,1-5H3. The molecule has 0 unspecified atom stereocenters. The second-order valence-corrected chi connectivity index (χ2v) is 3.98. The fourth-order valence-electron chi connectivity index (χ4n) is 1.35. The molecule has 5 heteroatoms. The first kappa shape index (κ1) is 11.7. The number of ether oxygens (including phenoxy) is 1. The average Bonchev–Trinajstić information content (AvgIpc) is 2.48. The van der Waals surface area contributed by atoms with Crippen LogP contribution in [0.3, 0.4) is 0 Å². The highest BCUT2D eigenvalue weighted by molar-refractivity contribution is 5.81. The van der Waals surface area contributed by atoms with Crippen LogP contribution in [-0.2, 0) is 22.0 Å². The second-order valence-electron chi connectivity index (χ2n) is 3.98. The van der Waals surface area contributed by atoms with E-state index in [1.165, 1.54) is 0 Å². The second kappa shape index (κ2) is 4.00. The molecule has 0 amide bonds. The lowest BCUT2D eigenvalue weighted by molar-refractivity contribution is -0.149. The molecule has 15 heavy (non-hydrogen) atoms. The summed E-state index contributed by atoms with van der Waals surface area (Å²) in [6.45, 7) is 7.58. The van der Waals surface area contributed by atoms with Gasteiger partial charge in [0.15, 0.2) is 0 Å². The van der Waals surface area contributed by atoms with Crippen LogP contribution >= 0.6 is 0 Å². The summed E-state index contributed by atoms with van der Waals surface area (Å²) in [5, 5.41) is 7.93. The number of carbonyl (C=O) groups is 1. The number of hydrogen-bond acceptors (Lipinski definition) is 4. The van der Waals surface area contributed by atoms with Gasteiger partial charge in [0, 0.05) is 7.05 Å². The van der Waals surface area contributed by atoms with E-state index in [-0.39, 0.29) is 5.97 Å². The molecule has 0 fully saturated rings. The molecule has 0 aliphatic carbocycles. The molecular weight excluding hydrogens is 194 g/mol. The Balaban J connectivity index is 3.05. The van der Waals surface area contributed by atoms with Gasteiger partial charge >= 0.3 is 5.97 Å². The third kappa shape index (κ3) is 2.00. The largest absolute Gasteiger partial charge is 0.465 e. The maximum atomic E-state index is 11.7. The molecule has 0 aliphatic heterocycles. The van der Waals surface area contributed by atoms with E-state index >= 15 is 0 Å². The van der Waals surface area contributed by atoms with Crippen molar-refractivity contribution in [3.8, 4) is 0 Å². The van der Waals surface area contributed by atoms with E-state index < -0.39 is 5.41 Å². The molecule has 0 N–H and O–H groups in total. The van der Waals surface area contributed by atoms with Crippen molar-refractivity contribution < 1.29 is 9.53 Å². The van der Waals surface area contributed by atoms with Gasteiger partial charge in [0.1, 0.15) is 17.1 Å². The quantitative estimate of drug-likeness (QED) is 0.699. The Kier molecular flexibility index (Phi) is 3.12. The topological polar surface area (TPSA) is 57.0 Å². The lowest BCUT2D eigenvalue weighted by Crippen LogP contribution is -2.34. The van der Waals surface area contributed by atoms with Crippen LogP contribution in [-0.4, -0.2) is 27.3 Å². The Morgan fingerprint density at radius 2 is 2.07 bits per heavy atom. The normalized spacial score (nSPS) is 11.5. The first-order valence-electron chi connectivity index (χ1n) is 4.95. The Labute approximate surface area is 89.5 Å². The van der Waals surface area contributed by atoms with Crippen molar-refractivity contribution >= 4 is 5.97 Å². The van der Waals surface area contributed by atoms with Crippen molar-refractivity contribution in [2.24, 2.45) is 7.05 Å². The van der Waals surface area contributed by atoms with Crippen LogP contribution in [0.1, 0.15) is 32.4 Å². The van der Waals surface area contributed by atoms with E-state index in [2.05, 4.69) is 10.2 Å². The van der Waals surface area contributed by atoms with E-state index in [1.54, 1.807) is 25.3 Å².